The number of benzene rings is 2. The summed E-state index contributed by atoms with van der Waals surface area (Å²) in [6, 6.07) is 18.9. The van der Waals surface area contributed by atoms with Gasteiger partial charge in [0.05, 0.1) is 11.5 Å². The smallest absolute Gasteiger partial charge is 0.177 e. The van der Waals surface area contributed by atoms with Gasteiger partial charge in [0.25, 0.3) is 0 Å². The average Bonchev–Trinajstić information content (AvgIpc) is 2.54. The van der Waals surface area contributed by atoms with Crippen molar-refractivity contribution in [1.82, 2.24) is 0 Å². The molecule has 0 atom stereocenters. The zero-order valence-corrected chi connectivity index (χ0v) is 12.5. The van der Waals surface area contributed by atoms with Crippen LogP contribution in [0.4, 0.5) is 0 Å². The molecular weight excluding hydrogens is 274 g/mol. The lowest BCUT2D eigenvalue weighted by atomic mass is 9.83. The van der Waals surface area contributed by atoms with Gasteiger partial charge in [-0.05, 0) is 18.1 Å². The van der Waals surface area contributed by atoms with E-state index in [2.05, 4.69) is 0 Å². The lowest BCUT2D eigenvalue weighted by Crippen LogP contribution is -2.21. The van der Waals surface area contributed by atoms with Gasteiger partial charge in [-0.3, -0.25) is 9.59 Å². The van der Waals surface area contributed by atoms with Gasteiger partial charge in [-0.15, -0.1) is 0 Å². The van der Waals surface area contributed by atoms with Gasteiger partial charge in [-0.2, -0.15) is 0 Å². The fraction of sp³-hybridized carbons (Fsp3) is 0.158. The van der Waals surface area contributed by atoms with Crippen LogP contribution in [-0.2, 0) is 9.59 Å². The highest BCUT2D eigenvalue weighted by atomic mass is 16.1. The van der Waals surface area contributed by atoms with Gasteiger partial charge in [-0.1, -0.05) is 66.7 Å². The molecule has 0 aliphatic rings. The zero-order chi connectivity index (χ0) is 15.9. The highest BCUT2D eigenvalue weighted by Crippen LogP contribution is 2.28. The fourth-order valence-corrected chi connectivity index (χ4v) is 2.48. The van der Waals surface area contributed by atoms with Crippen LogP contribution >= 0.6 is 0 Å². The molecule has 0 amide bonds. The minimum absolute atomic E-state index is 0.164. The molecule has 22 heavy (non-hydrogen) atoms. The Balaban J connectivity index is 2.52. The number of Topliss-reactive ketones (excluding diaryl/α,β-unsaturated/α-hetero) is 2. The Bertz CT molecular complexity index is 636. The second-order valence-electron chi connectivity index (χ2n) is 5.03. The maximum absolute atomic E-state index is 12.9. The zero-order valence-electron chi connectivity index (χ0n) is 12.5. The van der Waals surface area contributed by atoms with E-state index in [1.807, 2.05) is 60.7 Å². The number of hydrogen-bond donors (Lipinski definition) is 1. The Hall–Kier alpha value is -2.52. The number of rotatable bonds is 6. The van der Waals surface area contributed by atoms with Crippen LogP contribution < -0.4 is 5.73 Å². The van der Waals surface area contributed by atoms with Gasteiger partial charge in [0.15, 0.2) is 11.6 Å². The molecule has 0 spiro atoms. The van der Waals surface area contributed by atoms with E-state index in [0.717, 1.165) is 11.1 Å². The van der Waals surface area contributed by atoms with E-state index >= 15 is 0 Å². The quantitative estimate of drug-likeness (QED) is 0.506. The standard InChI is InChI=1S/C19H19NO2/c1-14(21)17(12-13-20)19(22)18(15-8-4-2-5-9-15)16-10-6-3-7-11-16/h2-12,18H,13,20H2,1H3/b17-12+. The topological polar surface area (TPSA) is 60.2 Å². The minimum atomic E-state index is -0.496. The van der Waals surface area contributed by atoms with E-state index in [9.17, 15) is 9.59 Å². The van der Waals surface area contributed by atoms with Crippen LogP contribution in [0, 0.1) is 0 Å². The molecule has 2 rings (SSSR count). The molecule has 0 aliphatic heterocycles. The number of carbonyl (C=O) groups excluding carboxylic acids is 2. The van der Waals surface area contributed by atoms with Gasteiger partial charge < -0.3 is 5.73 Å². The Kier molecular flexibility index (Phi) is 5.39. The average molecular weight is 293 g/mol. The maximum Gasteiger partial charge on any atom is 0.177 e. The molecule has 0 saturated carbocycles. The molecule has 3 heteroatoms. The summed E-state index contributed by atoms with van der Waals surface area (Å²) in [7, 11) is 0. The molecule has 3 nitrogen and oxygen atoms in total. The third kappa shape index (κ3) is 3.57. The fourth-order valence-electron chi connectivity index (χ4n) is 2.48. The third-order valence-electron chi connectivity index (χ3n) is 3.49. The van der Waals surface area contributed by atoms with Gasteiger partial charge in [0.2, 0.25) is 0 Å². The van der Waals surface area contributed by atoms with E-state index in [-0.39, 0.29) is 23.7 Å². The normalized spacial score (nSPS) is 11.5. The van der Waals surface area contributed by atoms with Crippen LogP contribution in [0.15, 0.2) is 72.3 Å². The van der Waals surface area contributed by atoms with Crippen LogP contribution in [0.25, 0.3) is 0 Å². The van der Waals surface area contributed by atoms with Crippen LogP contribution in [0.2, 0.25) is 0 Å². The van der Waals surface area contributed by atoms with E-state index in [4.69, 9.17) is 5.73 Å². The highest BCUT2D eigenvalue weighted by Gasteiger charge is 2.27. The Morgan fingerprint density at radius 1 is 0.955 bits per heavy atom. The first-order valence-corrected chi connectivity index (χ1v) is 7.20. The van der Waals surface area contributed by atoms with Crippen molar-refractivity contribution in [2.45, 2.75) is 12.8 Å². The molecule has 0 radical (unpaired) electrons. The van der Waals surface area contributed by atoms with Crippen LogP contribution in [-0.4, -0.2) is 18.1 Å². The largest absolute Gasteiger partial charge is 0.327 e. The van der Waals surface area contributed by atoms with Gasteiger partial charge in [0.1, 0.15) is 0 Å². The molecule has 0 fully saturated rings. The summed E-state index contributed by atoms with van der Waals surface area (Å²) in [5.41, 5.74) is 7.40. The predicted octanol–water partition coefficient (Wildman–Crippen LogP) is 2.86. The lowest BCUT2D eigenvalue weighted by Gasteiger charge is -2.18. The van der Waals surface area contributed by atoms with Crippen molar-refractivity contribution in [3.05, 3.63) is 83.4 Å². The van der Waals surface area contributed by atoms with Crippen LogP contribution in [0.1, 0.15) is 24.0 Å². The molecule has 0 unspecified atom stereocenters. The SMILES string of the molecule is CC(=O)/C(=C\CN)C(=O)C(c1ccccc1)c1ccccc1. The second kappa shape index (κ2) is 7.48. The summed E-state index contributed by atoms with van der Waals surface area (Å²) in [5.74, 6) is -0.966. The summed E-state index contributed by atoms with van der Waals surface area (Å²) in [5, 5.41) is 0. The minimum Gasteiger partial charge on any atom is -0.327 e. The lowest BCUT2D eigenvalue weighted by molar-refractivity contribution is -0.120. The molecule has 2 aromatic rings. The van der Waals surface area contributed by atoms with Crippen molar-refractivity contribution in [2.75, 3.05) is 6.54 Å². The van der Waals surface area contributed by atoms with Crippen molar-refractivity contribution in [3.8, 4) is 0 Å². The molecule has 2 N–H and O–H groups in total. The first-order valence-electron chi connectivity index (χ1n) is 7.20. The van der Waals surface area contributed by atoms with E-state index in [0.29, 0.717) is 0 Å². The van der Waals surface area contributed by atoms with Crippen LogP contribution in [0.5, 0.6) is 0 Å². The van der Waals surface area contributed by atoms with Crippen molar-refractivity contribution in [2.24, 2.45) is 5.73 Å². The number of hydrogen-bond acceptors (Lipinski definition) is 3. The number of ketones is 2. The Morgan fingerprint density at radius 3 is 1.77 bits per heavy atom. The molecule has 0 aromatic heterocycles. The number of nitrogens with two attached hydrogens (primary N) is 1. The molecule has 0 heterocycles. The molecule has 112 valence electrons. The van der Waals surface area contributed by atoms with Crippen molar-refractivity contribution in [3.63, 3.8) is 0 Å². The first-order chi connectivity index (χ1) is 10.6. The molecule has 0 aliphatic carbocycles. The summed E-state index contributed by atoms with van der Waals surface area (Å²) in [6.07, 6.45) is 1.50. The third-order valence-corrected chi connectivity index (χ3v) is 3.49. The Morgan fingerprint density at radius 2 is 1.41 bits per heavy atom. The summed E-state index contributed by atoms with van der Waals surface area (Å²) >= 11 is 0. The monoisotopic (exact) mass is 293 g/mol. The molecule has 0 saturated heterocycles. The van der Waals surface area contributed by atoms with Crippen molar-refractivity contribution in [1.29, 1.82) is 0 Å². The van der Waals surface area contributed by atoms with Crippen LogP contribution in [0.3, 0.4) is 0 Å². The van der Waals surface area contributed by atoms with Gasteiger partial charge in [0, 0.05) is 6.54 Å². The molecule has 0 bridgehead atoms. The van der Waals surface area contributed by atoms with E-state index in [1.165, 1.54) is 13.0 Å². The molecular formula is C19H19NO2. The molecule has 2 aromatic carbocycles. The van der Waals surface area contributed by atoms with Crippen molar-refractivity contribution >= 4 is 11.6 Å². The van der Waals surface area contributed by atoms with Crippen molar-refractivity contribution < 1.29 is 9.59 Å². The van der Waals surface area contributed by atoms with Gasteiger partial charge >= 0.3 is 0 Å². The van der Waals surface area contributed by atoms with E-state index in [1.54, 1.807) is 0 Å². The number of carbonyl (C=O) groups is 2. The summed E-state index contributed by atoms with van der Waals surface area (Å²) in [4.78, 5) is 24.7. The van der Waals surface area contributed by atoms with Gasteiger partial charge in [-0.25, -0.2) is 0 Å². The summed E-state index contributed by atoms with van der Waals surface area (Å²) in [6.45, 7) is 1.56. The summed E-state index contributed by atoms with van der Waals surface area (Å²) < 4.78 is 0. The Labute approximate surface area is 130 Å². The first kappa shape index (κ1) is 15.9. The highest BCUT2D eigenvalue weighted by molar-refractivity contribution is 6.22. The second-order valence-corrected chi connectivity index (χ2v) is 5.03. The number of allylic oxidation sites excluding steroid dienone is 1. The predicted molar refractivity (Wildman–Crippen MR) is 87.6 cm³/mol. The van der Waals surface area contributed by atoms with E-state index < -0.39 is 5.92 Å². The maximum atomic E-state index is 12.9.